The predicted octanol–water partition coefficient (Wildman–Crippen LogP) is 4.59. The van der Waals surface area contributed by atoms with Gasteiger partial charge < -0.3 is 5.32 Å². The van der Waals surface area contributed by atoms with Gasteiger partial charge in [0.05, 0.1) is 0 Å². The minimum atomic E-state index is -0.0179. The molecule has 1 N–H and O–H groups in total. The summed E-state index contributed by atoms with van der Waals surface area (Å²) >= 11 is 3.43. The molecule has 0 bridgehead atoms. The van der Waals surface area contributed by atoms with E-state index in [1.54, 1.807) is 0 Å². The fraction of sp³-hybridized carbons (Fsp3) is 0.368. The molecule has 0 saturated heterocycles. The second-order valence-electron chi connectivity index (χ2n) is 5.82. The van der Waals surface area contributed by atoms with Crippen LogP contribution in [0, 0.1) is 6.92 Å². The normalized spacial score (nSPS) is 10.8. The van der Waals surface area contributed by atoms with E-state index in [9.17, 15) is 4.79 Å². The molecular weight excluding hydrogens is 352 g/mol. The Balaban J connectivity index is 2.00. The number of pyridine rings is 1. The quantitative estimate of drug-likeness (QED) is 0.735. The summed E-state index contributed by atoms with van der Waals surface area (Å²) in [7, 11) is 0. The molecule has 2 rings (SSSR count). The maximum absolute atomic E-state index is 12.2. The van der Waals surface area contributed by atoms with Crippen LogP contribution in [0.2, 0.25) is 0 Å². The molecular formula is C19H24BrN2O+. The number of nitrogens with zero attached hydrogens (tertiary/aromatic N) is 1. The lowest BCUT2D eigenvalue weighted by molar-refractivity contribution is -0.684. The van der Waals surface area contributed by atoms with Gasteiger partial charge in [0.15, 0.2) is 12.4 Å². The molecule has 0 saturated carbocycles. The molecule has 3 nitrogen and oxygen atoms in total. The molecule has 0 aliphatic rings. The monoisotopic (exact) mass is 375 g/mol. The maximum atomic E-state index is 12.2. The summed E-state index contributed by atoms with van der Waals surface area (Å²) in [5.41, 5.74) is 3.24. The number of anilines is 1. The van der Waals surface area contributed by atoms with Crippen LogP contribution in [0.3, 0.4) is 0 Å². The highest BCUT2D eigenvalue weighted by Crippen LogP contribution is 2.21. The number of hydrogen-bond acceptors (Lipinski definition) is 1. The molecule has 2 aromatic rings. The van der Waals surface area contributed by atoms with Gasteiger partial charge >= 0.3 is 0 Å². The van der Waals surface area contributed by atoms with Gasteiger partial charge in [-0.2, -0.15) is 4.57 Å². The third-order valence-corrected chi connectivity index (χ3v) is 4.66. The first-order valence-corrected chi connectivity index (χ1v) is 8.87. The molecule has 0 aliphatic heterocycles. The van der Waals surface area contributed by atoms with Crippen LogP contribution in [0.25, 0.3) is 0 Å². The van der Waals surface area contributed by atoms with Crippen LogP contribution >= 0.6 is 15.9 Å². The van der Waals surface area contributed by atoms with E-state index in [1.165, 1.54) is 5.56 Å². The molecule has 1 aromatic carbocycles. The van der Waals surface area contributed by atoms with Gasteiger partial charge in [0, 0.05) is 22.3 Å². The molecule has 122 valence electrons. The summed E-state index contributed by atoms with van der Waals surface area (Å²) < 4.78 is 2.93. The average molecular weight is 376 g/mol. The lowest BCUT2D eigenvalue weighted by Gasteiger charge is -2.11. The zero-order valence-electron chi connectivity index (χ0n) is 14.0. The molecule has 0 spiro atoms. The molecule has 0 unspecified atom stereocenters. The standard InChI is InChI=1S/C19H23BrN2O/c1-4-15(5-2)16-8-10-22(11-9-16)13-19(23)21-18-7-6-17(20)12-14(18)3/h6-12,15H,4-5,13H2,1-3H3/p+1. The maximum Gasteiger partial charge on any atom is 0.290 e. The van der Waals surface area contributed by atoms with E-state index in [0.717, 1.165) is 28.6 Å². The van der Waals surface area contributed by atoms with Crippen molar-refractivity contribution in [1.82, 2.24) is 0 Å². The number of aryl methyl sites for hydroxylation is 1. The topological polar surface area (TPSA) is 33.0 Å². The van der Waals surface area contributed by atoms with Crippen LogP contribution in [0.4, 0.5) is 5.69 Å². The Labute approximate surface area is 146 Å². The minimum Gasteiger partial charge on any atom is -0.320 e. The van der Waals surface area contributed by atoms with Crippen molar-refractivity contribution in [1.29, 1.82) is 0 Å². The Morgan fingerprint density at radius 2 is 1.83 bits per heavy atom. The van der Waals surface area contributed by atoms with Crippen molar-refractivity contribution in [2.45, 2.75) is 46.1 Å². The highest BCUT2D eigenvalue weighted by molar-refractivity contribution is 9.10. The zero-order valence-corrected chi connectivity index (χ0v) is 15.6. The second-order valence-corrected chi connectivity index (χ2v) is 6.74. The van der Waals surface area contributed by atoms with Crippen LogP contribution in [-0.2, 0) is 11.3 Å². The lowest BCUT2D eigenvalue weighted by Crippen LogP contribution is -2.39. The van der Waals surface area contributed by atoms with Crippen LogP contribution in [0.15, 0.2) is 47.2 Å². The largest absolute Gasteiger partial charge is 0.320 e. The number of rotatable bonds is 6. The summed E-state index contributed by atoms with van der Waals surface area (Å²) in [5.74, 6) is 0.583. The van der Waals surface area contributed by atoms with Gasteiger partial charge in [-0.1, -0.05) is 29.8 Å². The number of amides is 1. The van der Waals surface area contributed by atoms with Crippen molar-refractivity contribution in [2.75, 3.05) is 5.32 Å². The molecule has 0 atom stereocenters. The molecule has 0 fully saturated rings. The summed E-state index contributed by atoms with van der Waals surface area (Å²) in [6.45, 7) is 6.73. The van der Waals surface area contributed by atoms with Crippen LogP contribution in [-0.4, -0.2) is 5.91 Å². The second kappa shape index (κ2) is 8.25. The van der Waals surface area contributed by atoms with E-state index in [1.807, 2.05) is 42.1 Å². The SMILES string of the molecule is CCC(CC)c1cc[n+](CC(=O)Nc2ccc(Br)cc2C)cc1. The first kappa shape index (κ1) is 17.7. The van der Waals surface area contributed by atoms with Crippen LogP contribution in [0.1, 0.15) is 43.7 Å². The van der Waals surface area contributed by atoms with Gasteiger partial charge in [0.2, 0.25) is 6.54 Å². The summed E-state index contributed by atoms with van der Waals surface area (Å²) in [6.07, 6.45) is 6.26. The van der Waals surface area contributed by atoms with E-state index in [2.05, 4.69) is 47.2 Å². The van der Waals surface area contributed by atoms with Gasteiger partial charge in [-0.3, -0.25) is 4.79 Å². The summed E-state index contributed by atoms with van der Waals surface area (Å²) in [6, 6.07) is 10.1. The Bertz CT molecular complexity index is 664. The van der Waals surface area contributed by atoms with Gasteiger partial charge in [-0.15, -0.1) is 0 Å². The van der Waals surface area contributed by atoms with Crippen molar-refractivity contribution in [3.05, 3.63) is 58.3 Å². The predicted molar refractivity (Wildman–Crippen MR) is 97.5 cm³/mol. The highest BCUT2D eigenvalue weighted by Gasteiger charge is 2.13. The number of nitrogens with one attached hydrogen (secondary N) is 1. The lowest BCUT2D eigenvalue weighted by atomic mass is 9.95. The van der Waals surface area contributed by atoms with Gasteiger partial charge in [-0.25, -0.2) is 0 Å². The Kier molecular flexibility index (Phi) is 6.34. The average Bonchev–Trinajstić information content (AvgIpc) is 2.53. The minimum absolute atomic E-state index is 0.0179. The number of carbonyl (C=O) groups is 1. The molecule has 23 heavy (non-hydrogen) atoms. The Hall–Kier alpha value is -1.68. The smallest absolute Gasteiger partial charge is 0.290 e. The molecule has 0 radical (unpaired) electrons. The molecule has 4 heteroatoms. The Morgan fingerprint density at radius 3 is 2.39 bits per heavy atom. The molecule has 1 heterocycles. The fourth-order valence-corrected chi connectivity index (χ4v) is 3.20. The van der Waals surface area contributed by atoms with Crippen LogP contribution < -0.4 is 9.88 Å². The van der Waals surface area contributed by atoms with E-state index < -0.39 is 0 Å². The van der Waals surface area contributed by atoms with Crippen LogP contribution in [0.5, 0.6) is 0 Å². The first-order valence-electron chi connectivity index (χ1n) is 8.08. The zero-order chi connectivity index (χ0) is 16.8. The summed E-state index contributed by atoms with van der Waals surface area (Å²) in [5, 5.41) is 2.97. The number of benzene rings is 1. The van der Waals surface area contributed by atoms with E-state index >= 15 is 0 Å². The number of carbonyl (C=O) groups excluding carboxylic acids is 1. The van der Waals surface area contributed by atoms with Crippen molar-refractivity contribution < 1.29 is 9.36 Å². The highest BCUT2D eigenvalue weighted by atomic mass is 79.9. The number of aromatic nitrogens is 1. The third-order valence-electron chi connectivity index (χ3n) is 4.16. The van der Waals surface area contributed by atoms with Gasteiger partial charge in [-0.05, 0) is 55.0 Å². The van der Waals surface area contributed by atoms with E-state index in [4.69, 9.17) is 0 Å². The van der Waals surface area contributed by atoms with E-state index in [0.29, 0.717) is 12.5 Å². The van der Waals surface area contributed by atoms with Crippen molar-refractivity contribution in [3.63, 3.8) is 0 Å². The van der Waals surface area contributed by atoms with Crippen molar-refractivity contribution in [2.24, 2.45) is 0 Å². The molecule has 1 amide bonds. The number of hydrogen-bond donors (Lipinski definition) is 1. The van der Waals surface area contributed by atoms with E-state index in [-0.39, 0.29) is 5.91 Å². The molecule has 0 aliphatic carbocycles. The van der Waals surface area contributed by atoms with Crippen molar-refractivity contribution >= 4 is 27.5 Å². The van der Waals surface area contributed by atoms with Crippen molar-refractivity contribution in [3.8, 4) is 0 Å². The first-order chi connectivity index (χ1) is 11.0. The van der Waals surface area contributed by atoms with Gasteiger partial charge in [0.1, 0.15) is 0 Å². The Morgan fingerprint density at radius 1 is 1.17 bits per heavy atom. The summed E-state index contributed by atoms with van der Waals surface area (Å²) in [4.78, 5) is 12.2. The molecule has 1 aromatic heterocycles. The fourth-order valence-electron chi connectivity index (χ4n) is 2.73. The third kappa shape index (κ3) is 4.90. The number of halogens is 1. The van der Waals surface area contributed by atoms with Gasteiger partial charge in [0.25, 0.3) is 5.91 Å².